The topological polar surface area (TPSA) is 65.0 Å². The summed E-state index contributed by atoms with van der Waals surface area (Å²) in [4.78, 5) is 22.2. The number of aliphatic hydroxyl groups is 1. The van der Waals surface area contributed by atoms with Crippen LogP contribution in [0.2, 0.25) is 0 Å². The fourth-order valence-electron chi connectivity index (χ4n) is 4.00. The first-order valence-electron chi connectivity index (χ1n) is 11.2. The van der Waals surface area contributed by atoms with Crippen molar-refractivity contribution in [3.05, 3.63) is 42.0 Å². The van der Waals surface area contributed by atoms with E-state index in [4.69, 9.17) is 9.78 Å². The molecule has 3 atom stereocenters. The molecule has 0 aromatic heterocycles. The third kappa shape index (κ3) is 8.99. The van der Waals surface area contributed by atoms with Crippen molar-refractivity contribution in [2.24, 2.45) is 5.92 Å². The predicted molar refractivity (Wildman–Crippen MR) is 118 cm³/mol. The highest BCUT2D eigenvalue weighted by atomic mass is 17.2. The molecule has 0 spiro atoms. The summed E-state index contributed by atoms with van der Waals surface area (Å²) < 4.78 is 4.60. The van der Waals surface area contributed by atoms with E-state index in [0.717, 1.165) is 19.3 Å². The van der Waals surface area contributed by atoms with Crippen molar-refractivity contribution < 1.29 is 24.4 Å². The molecule has 1 N–H and O–H groups in total. The number of benzene rings is 1. The summed E-state index contributed by atoms with van der Waals surface area (Å²) in [5.74, 6) is -1.57. The van der Waals surface area contributed by atoms with Gasteiger partial charge in [-0.1, -0.05) is 75.1 Å². The van der Waals surface area contributed by atoms with E-state index in [0.29, 0.717) is 18.8 Å². The van der Waals surface area contributed by atoms with Crippen molar-refractivity contribution in [1.82, 2.24) is 0 Å². The van der Waals surface area contributed by atoms with Crippen LogP contribution in [-0.4, -0.2) is 29.6 Å². The highest BCUT2D eigenvalue weighted by molar-refractivity contribution is 5.70. The largest absolute Gasteiger partial charge is 0.469 e. The van der Waals surface area contributed by atoms with E-state index in [-0.39, 0.29) is 6.42 Å². The molecule has 0 bridgehead atoms. The summed E-state index contributed by atoms with van der Waals surface area (Å²) in [6.07, 6.45) is 13.4. The first-order valence-corrected chi connectivity index (χ1v) is 11.2. The average molecular weight is 419 g/mol. The monoisotopic (exact) mass is 418 g/mol. The Hall–Kier alpha value is -1.69. The van der Waals surface area contributed by atoms with Crippen LogP contribution in [0.5, 0.6) is 0 Å². The SMILES string of the molecule is COC(=O)C[C@@]1(O)CC[C@](C)(CC(C)CCCCCC/C=C/c2ccccc2)OO1. The fourth-order valence-corrected chi connectivity index (χ4v) is 4.00. The van der Waals surface area contributed by atoms with Crippen LogP contribution < -0.4 is 0 Å². The Bertz CT molecular complexity index is 647. The lowest BCUT2D eigenvalue weighted by molar-refractivity contribution is -0.483. The third-order valence-corrected chi connectivity index (χ3v) is 5.80. The van der Waals surface area contributed by atoms with Gasteiger partial charge in [0, 0.05) is 6.42 Å². The Morgan fingerprint density at radius 1 is 1.17 bits per heavy atom. The molecule has 0 aliphatic carbocycles. The van der Waals surface area contributed by atoms with Crippen molar-refractivity contribution in [2.75, 3.05) is 7.11 Å². The zero-order valence-corrected chi connectivity index (χ0v) is 18.8. The number of hydrogen-bond donors (Lipinski definition) is 1. The Labute approximate surface area is 181 Å². The maximum atomic E-state index is 11.4. The van der Waals surface area contributed by atoms with E-state index >= 15 is 0 Å². The van der Waals surface area contributed by atoms with Crippen molar-refractivity contribution in [3.8, 4) is 0 Å². The molecule has 1 heterocycles. The normalized spacial score (nSPS) is 25.3. The van der Waals surface area contributed by atoms with Gasteiger partial charge in [0.05, 0.1) is 7.11 Å². The van der Waals surface area contributed by atoms with Gasteiger partial charge in [0.15, 0.2) is 0 Å². The van der Waals surface area contributed by atoms with E-state index in [1.165, 1.54) is 38.4 Å². The van der Waals surface area contributed by atoms with Crippen LogP contribution in [0.25, 0.3) is 6.08 Å². The summed E-state index contributed by atoms with van der Waals surface area (Å²) >= 11 is 0. The van der Waals surface area contributed by atoms with E-state index in [2.05, 4.69) is 48.1 Å². The van der Waals surface area contributed by atoms with Crippen molar-refractivity contribution in [3.63, 3.8) is 0 Å². The molecule has 0 saturated carbocycles. The van der Waals surface area contributed by atoms with Gasteiger partial charge in [-0.2, -0.15) is 0 Å². The summed E-state index contributed by atoms with van der Waals surface area (Å²) in [7, 11) is 1.29. The quantitative estimate of drug-likeness (QED) is 0.263. The number of carbonyl (C=O) groups is 1. The van der Waals surface area contributed by atoms with Gasteiger partial charge < -0.3 is 9.84 Å². The lowest BCUT2D eigenvalue weighted by atomic mass is 9.84. The summed E-state index contributed by atoms with van der Waals surface area (Å²) in [6, 6.07) is 10.4. The molecule has 1 fully saturated rings. The van der Waals surface area contributed by atoms with Crippen LogP contribution in [-0.2, 0) is 19.3 Å². The standard InChI is InChI=1S/C25H38O5/c1-21(13-9-6-4-5-7-10-14-22-15-11-8-12-16-22)19-24(2)17-18-25(27,30-29-24)20-23(26)28-3/h8,10-12,14-16,21,27H,4-7,9,13,17-20H2,1-3H3/b14-10+/t21?,24-,25-/m1/s1. The Balaban J connectivity index is 1.56. The van der Waals surface area contributed by atoms with Gasteiger partial charge in [-0.25, -0.2) is 9.78 Å². The summed E-state index contributed by atoms with van der Waals surface area (Å²) in [5.41, 5.74) is 0.835. The molecule has 5 heteroatoms. The Morgan fingerprint density at radius 3 is 2.57 bits per heavy atom. The van der Waals surface area contributed by atoms with Crippen LogP contribution >= 0.6 is 0 Å². The maximum Gasteiger partial charge on any atom is 0.311 e. The number of esters is 1. The number of ether oxygens (including phenoxy) is 1. The molecule has 0 amide bonds. The Morgan fingerprint density at radius 2 is 1.90 bits per heavy atom. The molecule has 1 unspecified atom stereocenters. The molecule has 0 radical (unpaired) electrons. The second-order valence-electron chi connectivity index (χ2n) is 8.93. The number of unbranched alkanes of at least 4 members (excludes halogenated alkanes) is 4. The molecule has 1 aliphatic rings. The molecule has 5 nitrogen and oxygen atoms in total. The van der Waals surface area contributed by atoms with Gasteiger partial charge in [-0.05, 0) is 44.1 Å². The van der Waals surface area contributed by atoms with Gasteiger partial charge in [-0.3, -0.25) is 4.79 Å². The first-order chi connectivity index (χ1) is 14.3. The minimum absolute atomic E-state index is 0.213. The second kappa shape index (κ2) is 12.2. The fraction of sp³-hybridized carbons (Fsp3) is 0.640. The molecule has 168 valence electrons. The summed E-state index contributed by atoms with van der Waals surface area (Å²) in [5, 5.41) is 10.3. The molecule has 1 saturated heterocycles. The molecular weight excluding hydrogens is 380 g/mol. The lowest BCUT2D eigenvalue weighted by Gasteiger charge is -2.41. The van der Waals surface area contributed by atoms with Crippen LogP contribution in [0, 0.1) is 5.92 Å². The van der Waals surface area contributed by atoms with Gasteiger partial charge in [0.2, 0.25) is 5.79 Å². The maximum absolute atomic E-state index is 11.4. The molecule has 1 aromatic carbocycles. The predicted octanol–water partition coefficient (Wildman–Crippen LogP) is 5.82. The minimum Gasteiger partial charge on any atom is -0.469 e. The van der Waals surface area contributed by atoms with E-state index in [9.17, 15) is 9.90 Å². The molecule has 30 heavy (non-hydrogen) atoms. The average Bonchev–Trinajstić information content (AvgIpc) is 2.73. The van der Waals surface area contributed by atoms with Crippen LogP contribution in [0.3, 0.4) is 0 Å². The minimum atomic E-state index is -1.58. The lowest BCUT2D eigenvalue weighted by Crippen LogP contribution is -2.47. The summed E-state index contributed by atoms with van der Waals surface area (Å²) in [6.45, 7) is 4.26. The van der Waals surface area contributed by atoms with Gasteiger partial charge in [-0.15, -0.1) is 0 Å². The number of carbonyl (C=O) groups excluding carboxylic acids is 1. The van der Waals surface area contributed by atoms with Crippen molar-refractivity contribution in [2.45, 2.75) is 89.4 Å². The molecule has 2 rings (SSSR count). The van der Waals surface area contributed by atoms with Crippen molar-refractivity contribution in [1.29, 1.82) is 0 Å². The van der Waals surface area contributed by atoms with Crippen LogP contribution in [0.15, 0.2) is 36.4 Å². The molecule has 1 aromatic rings. The Kier molecular flexibility index (Phi) is 10.0. The first kappa shape index (κ1) is 24.6. The molecular formula is C25H38O5. The smallest absolute Gasteiger partial charge is 0.311 e. The van der Waals surface area contributed by atoms with Gasteiger partial charge in [0.25, 0.3) is 0 Å². The zero-order chi connectivity index (χ0) is 21.9. The number of hydrogen-bond acceptors (Lipinski definition) is 5. The second-order valence-corrected chi connectivity index (χ2v) is 8.93. The number of rotatable bonds is 12. The molecule has 1 aliphatic heterocycles. The van der Waals surface area contributed by atoms with Gasteiger partial charge >= 0.3 is 5.97 Å². The number of allylic oxidation sites excluding steroid dienone is 1. The highest BCUT2D eigenvalue weighted by Crippen LogP contribution is 2.38. The van der Waals surface area contributed by atoms with E-state index in [1.807, 2.05) is 13.0 Å². The van der Waals surface area contributed by atoms with Crippen LogP contribution in [0.1, 0.15) is 83.6 Å². The van der Waals surface area contributed by atoms with Crippen molar-refractivity contribution >= 4 is 12.0 Å². The van der Waals surface area contributed by atoms with E-state index < -0.39 is 17.4 Å². The van der Waals surface area contributed by atoms with Gasteiger partial charge in [0.1, 0.15) is 12.0 Å². The van der Waals surface area contributed by atoms with Crippen LogP contribution in [0.4, 0.5) is 0 Å². The third-order valence-electron chi connectivity index (χ3n) is 5.80. The zero-order valence-electron chi connectivity index (χ0n) is 18.8. The van der Waals surface area contributed by atoms with E-state index in [1.54, 1.807) is 0 Å². The highest BCUT2D eigenvalue weighted by Gasteiger charge is 2.44. The number of methoxy groups -OCH3 is 1.